The molecule has 2 aromatic rings. The Morgan fingerprint density at radius 2 is 1.92 bits per heavy atom. The smallest absolute Gasteiger partial charge is 0.249 e. The van der Waals surface area contributed by atoms with Crippen molar-refractivity contribution < 1.29 is 18.6 Å². The van der Waals surface area contributed by atoms with Crippen molar-refractivity contribution in [2.24, 2.45) is 5.92 Å². The van der Waals surface area contributed by atoms with Crippen molar-refractivity contribution in [1.29, 1.82) is 0 Å². The Morgan fingerprint density at radius 3 is 2.50 bits per heavy atom. The molecule has 0 aliphatic carbocycles. The lowest BCUT2D eigenvalue weighted by Gasteiger charge is -2.28. The first-order chi connectivity index (χ1) is 12.5. The van der Waals surface area contributed by atoms with E-state index in [9.17, 15) is 4.79 Å². The van der Waals surface area contributed by atoms with Crippen LogP contribution in [0.1, 0.15) is 67.4 Å². The maximum absolute atomic E-state index is 12.7. The van der Waals surface area contributed by atoms with Gasteiger partial charge in [-0.2, -0.15) is 4.98 Å². The van der Waals surface area contributed by atoms with Gasteiger partial charge in [-0.15, -0.1) is 0 Å². The molecule has 26 heavy (non-hydrogen) atoms. The third-order valence-electron chi connectivity index (χ3n) is 4.81. The SMILES string of the molecule is Cc1noc(C)c1CC(=O)N[C@H](c1nc(C(C)C)no1)C1CCOCC1. The Morgan fingerprint density at radius 1 is 1.19 bits per heavy atom. The summed E-state index contributed by atoms with van der Waals surface area (Å²) in [6.45, 7) is 9.01. The van der Waals surface area contributed by atoms with E-state index in [2.05, 4.69) is 20.6 Å². The molecule has 1 saturated heterocycles. The molecular weight excluding hydrogens is 336 g/mol. The number of carbonyl (C=O) groups excluding carboxylic acids is 1. The molecule has 1 aliphatic heterocycles. The van der Waals surface area contributed by atoms with E-state index >= 15 is 0 Å². The number of aryl methyl sites for hydroxylation is 2. The molecular formula is C18H26N4O4. The average Bonchev–Trinajstić information content (AvgIpc) is 3.23. The second-order valence-corrected chi connectivity index (χ2v) is 7.12. The van der Waals surface area contributed by atoms with Gasteiger partial charge >= 0.3 is 0 Å². The summed E-state index contributed by atoms with van der Waals surface area (Å²) in [6, 6.07) is -0.313. The molecule has 0 spiro atoms. The van der Waals surface area contributed by atoms with Crippen LogP contribution in [-0.4, -0.2) is 34.4 Å². The fraction of sp³-hybridized carbons (Fsp3) is 0.667. The average molecular weight is 362 g/mol. The van der Waals surface area contributed by atoms with Crippen LogP contribution in [0.4, 0.5) is 0 Å². The second-order valence-electron chi connectivity index (χ2n) is 7.12. The minimum Gasteiger partial charge on any atom is -0.381 e. The Labute approximate surface area is 152 Å². The van der Waals surface area contributed by atoms with Gasteiger partial charge < -0.3 is 19.1 Å². The van der Waals surface area contributed by atoms with Crippen LogP contribution in [0.5, 0.6) is 0 Å². The van der Waals surface area contributed by atoms with E-state index in [0.29, 0.717) is 30.7 Å². The summed E-state index contributed by atoms with van der Waals surface area (Å²) in [5.41, 5.74) is 1.56. The van der Waals surface area contributed by atoms with Crippen molar-refractivity contribution in [3.8, 4) is 0 Å². The number of aromatic nitrogens is 3. The maximum Gasteiger partial charge on any atom is 0.249 e. The predicted molar refractivity (Wildman–Crippen MR) is 92.5 cm³/mol. The van der Waals surface area contributed by atoms with Gasteiger partial charge in [-0.3, -0.25) is 4.79 Å². The normalized spacial score (nSPS) is 16.8. The van der Waals surface area contributed by atoms with Crippen molar-refractivity contribution in [1.82, 2.24) is 20.6 Å². The number of amides is 1. The standard InChI is InChI=1S/C18H26N4O4/c1-10(2)17-20-18(26-22-17)16(13-5-7-24-8-6-13)19-15(23)9-14-11(3)21-25-12(14)4/h10,13,16H,5-9H2,1-4H3,(H,19,23)/t16-/m0/s1. The van der Waals surface area contributed by atoms with Gasteiger partial charge in [-0.25, -0.2) is 0 Å². The third kappa shape index (κ3) is 4.12. The number of rotatable bonds is 6. The molecule has 1 atom stereocenters. The van der Waals surface area contributed by atoms with Crippen molar-refractivity contribution in [2.45, 2.75) is 58.9 Å². The maximum atomic E-state index is 12.7. The molecule has 1 N–H and O–H groups in total. The first kappa shape index (κ1) is 18.6. The highest BCUT2D eigenvalue weighted by atomic mass is 16.5. The monoisotopic (exact) mass is 362 g/mol. The zero-order valence-corrected chi connectivity index (χ0v) is 15.7. The van der Waals surface area contributed by atoms with Gasteiger partial charge in [0.2, 0.25) is 11.8 Å². The van der Waals surface area contributed by atoms with Crippen LogP contribution < -0.4 is 5.32 Å². The second kappa shape index (κ2) is 7.99. The zero-order valence-electron chi connectivity index (χ0n) is 15.7. The van der Waals surface area contributed by atoms with Gasteiger partial charge in [0.1, 0.15) is 11.8 Å². The predicted octanol–water partition coefficient (Wildman–Crippen LogP) is 2.62. The summed E-state index contributed by atoms with van der Waals surface area (Å²) in [5, 5.41) is 11.0. The highest BCUT2D eigenvalue weighted by Crippen LogP contribution is 2.30. The van der Waals surface area contributed by atoms with Crippen LogP contribution in [-0.2, 0) is 16.0 Å². The Hall–Kier alpha value is -2.22. The molecule has 0 radical (unpaired) electrons. The summed E-state index contributed by atoms with van der Waals surface area (Å²) in [4.78, 5) is 17.2. The lowest BCUT2D eigenvalue weighted by molar-refractivity contribution is -0.122. The van der Waals surface area contributed by atoms with Crippen LogP contribution in [0, 0.1) is 19.8 Å². The van der Waals surface area contributed by atoms with Crippen molar-refractivity contribution in [2.75, 3.05) is 13.2 Å². The van der Waals surface area contributed by atoms with Crippen molar-refractivity contribution >= 4 is 5.91 Å². The highest BCUT2D eigenvalue weighted by Gasteiger charge is 2.32. The van der Waals surface area contributed by atoms with E-state index in [1.165, 1.54) is 0 Å². The molecule has 0 unspecified atom stereocenters. The van der Waals surface area contributed by atoms with Crippen LogP contribution >= 0.6 is 0 Å². The van der Waals surface area contributed by atoms with E-state index < -0.39 is 0 Å². The third-order valence-corrected chi connectivity index (χ3v) is 4.81. The van der Waals surface area contributed by atoms with Gasteiger partial charge in [0.15, 0.2) is 5.82 Å². The Balaban J connectivity index is 1.77. The van der Waals surface area contributed by atoms with E-state index in [4.69, 9.17) is 13.8 Å². The summed E-state index contributed by atoms with van der Waals surface area (Å²) in [5.74, 6) is 2.05. The quantitative estimate of drug-likeness (QED) is 0.842. The minimum atomic E-state index is -0.313. The Bertz CT molecular complexity index is 727. The molecule has 3 heterocycles. The lowest BCUT2D eigenvalue weighted by atomic mass is 9.91. The molecule has 8 heteroatoms. The number of nitrogens with one attached hydrogen (secondary N) is 1. The van der Waals surface area contributed by atoms with E-state index in [1.54, 1.807) is 0 Å². The van der Waals surface area contributed by atoms with Crippen molar-refractivity contribution in [3.63, 3.8) is 0 Å². The van der Waals surface area contributed by atoms with Crippen LogP contribution in [0.25, 0.3) is 0 Å². The van der Waals surface area contributed by atoms with E-state index in [0.717, 1.165) is 24.1 Å². The fourth-order valence-corrected chi connectivity index (χ4v) is 3.18. The number of hydrogen-bond donors (Lipinski definition) is 1. The number of hydrogen-bond acceptors (Lipinski definition) is 7. The van der Waals surface area contributed by atoms with Crippen LogP contribution in [0.2, 0.25) is 0 Å². The van der Waals surface area contributed by atoms with Gasteiger partial charge in [0, 0.05) is 24.7 Å². The first-order valence-corrected chi connectivity index (χ1v) is 9.08. The largest absolute Gasteiger partial charge is 0.381 e. The van der Waals surface area contributed by atoms with Crippen LogP contribution in [0.3, 0.4) is 0 Å². The molecule has 2 aromatic heterocycles. The summed E-state index contributed by atoms with van der Waals surface area (Å²) >= 11 is 0. The Kier molecular flexibility index (Phi) is 5.70. The molecule has 142 valence electrons. The van der Waals surface area contributed by atoms with Crippen molar-refractivity contribution in [3.05, 3.63) is 28.7 Å². The topological polar surface area (TPSA) is 103 Å². The lowest BCUT2D eigenvalue weighted by Crippen LogP contribution is -2.37. The molecule has 1 aliphatic rings. The van der Waals surface area contributed by atoms with E-state index in [-0.39, 0.29) is 30.2 Å². The molecule has 1 amide bonds. The van der Waals surface area contributed by atoms with Gasteiger partial charge in [0.25, 0.3) is 0 Å². The minimum absolute atomic E-state index is 0.111. The van der Waals surface area contributed by atoms with Gasteiger partial charge in [-0.1, -0.05) is 24.2 Å². The first-order valence-electron chi connectivity index (χ1n) is 9.08. The molecule has 1 fully saturated rings. The zero-order chi connectivity index (χ0) is 18.7. The summed E-state index contributed by atoms with van der Waals surface area (Å²) in [6.07, 6.45) is 1.90. The molecule has 0 aromatic carbocycles. The number of ether oxygens (including phenoxy) is 1. The summed E-state index contributed by atoms with van der Waals surface area (Å²) < 4.78 is 16.1. The highest BCUT2D eigenvalue weighted by molar-refractivity contribution is 5.79. The van der Waals surface area contributed by atoms with Gasteiger partial charge in [-0.05, 0) is 32.6 Å². The molecule has 0 saturated carbocycles. The fourth-order valence-electron chi connectivity index (χ4n) is 3.18. The van der Waals surface area contributed by atoms with Crippen LogP contribution in [0.15, 0.2) is 9.05 Å². The summed E-state index contributed by atoms with van der Waals surface area (Å²) in [7, 11) is 0. The van der Waals surface area contributed by atoms with E-state index in [1.807, 2.05) is 27.7 Å². The molecule has 0 bridgehead atoms. The number of carbonyl (C=O) groups is 1. The molecule has 3 rings (SSSR count). The molecule has 8 nitrogen and oxygen atoms in total. The number of nitrogens with zero attached hydrogens (tertiary/aromatic N) is 3. The van der Waals surface area contributed by atoms with Gasteiger partial charge in [0.05, 0.1) is 12.1 Å².